The van der Waals surface area contributed by atoms with Crippen molar-refractivity contribution in [2.45, 2.75) is 37.1 Å². The molecule has 3 aromatic rings. The molecule has 0 aliphatic carbocycles. The van der Waals surface area contributed by atoms with Crippen molar-refractivity contribution in [3.8, 4) is 17.4 Å². The standard InChI is InChI=1S/C25H23F4N3O5S/c1-24(2)14-32(23(33)30-13-15-4-7-17(8-5-15)38(3,34)35)19-10-11-21(31-22(19)24)36-16-6-9-18(26)20(12-16)37-25(27,28)29/h4-12H,13-14H2,1-3H3,(H,30,33). The van der Waals surface area contributed by atoms with Gasteiger partial charge in [-0.25, -0.2) is 22.6 Å². The van der Waals surface area contributed by atoms with E-state index in [0.717, 1.165) is 24.5 Å². The molecule has 0 radical (unpaired) electrons. The number of benzene rings is 2. The molecule has 0 unspecified atom stereocenters. The fourth-order valence-electron chi connectivity index (χ4n) is 3.94. The summed E-state index contributed by atoms with van der Waals surface area (Å²) in [6.07, 6.45) is -3.96. The van der Waals surface area contributed by atoms with Crippen LogP contribution in [0.15, 0.2) is 59.5 Å². The number of fused-ring (bicyclic) bond motifs is 1. The lowest BCUT2D eigenvalue weighted by Crippen LogP contribution is -2.41. The van der Waals surface area contributed by atoms with Crippen LogP contribution in [0.5, 0.6) is 17.4 Å². The normalized spacial score (nSPS) is 14.7. The molecule has 0 bridgehead atoms. The van der Waals surface area contributed by atoms with Gasteiger partial charge in [0.25, 0.3) is 0 Å². The van der Waals surface area contributed by atoms with Gasteiger partial charge in [-0.2, -0.15) is 0 Å². The number of hydrogen-bond donors (Lipinski definition) is 1. The number of amides is 2. The summed E-state index contributed by atoms with van der Waals surface area (Å²) >= 11 is 0. The number of urea groups is 1. The molecule has 0 saturated carbocycles. The summed E-state index contributed by atoms with van der Waals surface area (Å²) in [5.74, 6) is -2.32. The van der Waals surface area contributed by atoms with E-state index in [-0.39, 0.29) is 29.6 Å². The molecule has 8 nitrogen and oxygen atoms in total. The van der Waals surface area contributed by atoms with Crippen molar-refractivity contribution in [2.24, 2.45) is 0 Å². The monoisotopic (exact) mass is 553 g/mol. The van der Waals surface area contributed by atoms with Crippen LogP contribution in [0.2, 0.25) is 0 Å². The zero-order valence-electron chi connectivity index (χ0n) is 20.5. The highest BCUT2D eigenvalue weighted by Gasteiger charge is 2.40. The van der Waals surface area contributed by atoms with Crippen molar-refractivity contribution >= 4 is 21.6 Å². The predicted octanol–water partition coefficient (Wildman–Crippen LogP) is 5.32. The molecule has 1 N–H and O–H groups in total. The first-order valence-corrected chi connectivity index (χ1v) is 13.1. The summed E-state index contributed by atoms with van der Waals surface area (Å²) in [5.41, 5.74) is 1.17. The van der Waals surface area contributed by atoms with Gasteiger partial charge in [0.15, 0.2) is 21.4 Å². The predicted molar refractivity (Wildman–Crippen MR) is 130 cm³/mol. The van der Waals surface area contributed by atoms with Gasteiger partial charge >= 0.3 is 12.4 Å². The first kappa shape index (κ1) is 27.2. The van der Waals surface area contributed by atoms with E-state index in [4.69, 9.17) is 4.74 Å². The minimum absolute atomic E-state index is 0.0367. The second-order valence-corrected chi connectivity index (χ2v) is 11.3. The van der Waals surface area contributed by atoms with E-state index in [1.54, 1.807) is 18.2 Å². The molecular weight excluding hydrogens is 530 g/mol. The average molecular weight is 554 g/mol. The van der Waals surface area contributed by atoms with Crippen LogP contribution < -0.4 is 19.7 Å². The number of carbonyl (C=O) groups excluding carboxylic acids is 1. The fourth-order valence-corrected chi connectivity index (χ4v) is 4.57. The first-order chi connectivity index (χ1) is 17.6. The zero-order valence-corrected chi connectivity index (χ0v) is 21.3. The van der Waals surface area contributed by atoms with E-state index in [1.165, 1.54) is 23.1 Å². The van der Waals surface area contributed by atoms with Gasteiger partial charge in [0.2, 0.25) is 5.88 Å². The number of nitrogens with one attached hydrogen (secondary N) is 1. The first-order valence-electron chi connectivity index (χ1n) is 11.2. The Hall–Kier alpha value is -3.87. The molecule has 0 saturated heterocycles. The summed E-state index contributed by atoms with van der Waals surface area (Å²) in [6.45, 7) is 4.19. The van der Waals surface area contributed by atoms with Gasteiger partial charge in [0.1, 0.15) is 5.75 Å². The molecule has 1 aliphatic rings. The lowest BCUT2D eigenvalue weighted by atomic mass is 9.91. The Morgan fingerprint density at radius 1 is 1.11 bits per heavy atom. The van der Waals surface area contributed by atoms with Gasteiger partial charge in [-0.05, 0) is 35.9 Å². The van der Waals surface area contributed by atoms with E-state index in [1.807, 2.05) is 13.8 Å². The summed E-state index contributed by atoms with van der Waals surface area (Å²) in [6, 6.07) is 11.5. The number of ether oxygens (including phenoxy) is 2. The Labute approximate surface area is 216 Å². The molecule has 1 aliphatic heterocycles. The summed E-state index contributed by atoms with van der Waals surface area (Å²) in [4.78, 5) is 19.1. The Morgan fingerprint density at radius 2 is 1.79 bits per heavy atom. The Balaban J connectivity index is 1.48. The minimum atomic E-state index is -5.07. The second kappa shape index (κ2) is 9.78. The molecule has 2 heterocycles. The molecule has 2 aromatic carbocycles. The van der Waals surface area contributed by atoms with Gasteiger partial charge in [-0.1, -0.05) is 26.0 Å². The number of pyridine rings is 1. The zero-order chi connectivity index (χ0) is 27.9. The third kappa shape index (κ3) is 6.15. The van der Waals surface area contributed by atoms with Crippen molar-refractivity contribution < 1.29 is 40.2 Å². The second-order valence-electron chi connectivity index (χ2n) is 9.30. The number of hydrogen-bond acceptors (Lipinski definition) is 6. The van der Waals surface area contributed by atoms with Crippen molar-refractivity contribution in [3.05, 3.63) is 71.7 Å². The van der Waals surface area contributed by atoms with Gasteiger partial charge in [-0.3, -0.25) is 4.90 Å². The van der Waals surface area contributed by atoms with Crippen LogP contribution in [0.3, 0.4) is 0 Å². The van der Waals surface area contributed by atoms with Crippen LogP contribution in [0.4, 0.5) is 28.0 Å². The number of halogens is 4. The largest absolute Gasteiger partial charge is 0.573 e. The molecule has 4 rings (SSSR count). The Bertz CT molecular complexity index is 1480. The lowest BCUT2D eigenvalue weighted by Gasteiger charge is -2.20. The van der Waals surface area contributed by atoms with E-state index in [9.17, 15) is 30.8 Å². The molecule has 202 valence electrons. The van der Waals surface area contributed by atoms with E-state index in [0.29, 0.717) is 16.9 Å². The van der Waals surface area contributed by atoms with Crippen LogP contribution >= 0.6 is 0 Å². The van der Waals surface area contributed by atoms with Crippen molar-refractivity contribution in [3.63, 3.8) is 0 Å². The summed E-state index contributed by atoms with van der Waals surface area (Å²) < 4.78 is 83.8. The van der Waals surface area contributed by atoms with Crippen LogP contribution in [-0.2, 0) is 21.8 Å². The topological polar surface area (TPSA) is 97.8 Å². The van der Waals surface area contributed by atoms with Crippen molar-refractivity contribution in [2.75, 3.05) is 17.7 Å². The smallest absolute Gasteiger partial charge is 0.439 e. The highest BCUT2D eigenvalue weighted by molar-refractivity contribution is 7.90. The molecule has 2 amide bonds. The highest BCUT2D eigenvalue weighted by atomic mass is 32.2. The summed E-state index contributed by atoms with van der Waals surface area (Å²) in [5, 5.41) is 2.80. The average Bonchev–Trinajstić information content (AvgIpc) is 3.09. The molecule has 13 heteroatoms. The Morgan fingerprint density at radius 3 is 2.42 bits per heavy atom. The van der Waals surface area contributed by atoms with E-state index >= 15 is 0 Å². The lowest BCUT2D eigenvalue weighted by molar-refractivity contribution is -0.275. The molecule has 0 spiro atoms. The van der Waals surface area contributed by atoms with Crippen LogP contribution in [-0.4, -0.2) is 38.6 Å². The number of alkyl halides is 3. The third-order valence-electron chi connectivity index (χ3n) is 5.72. The summed E-state index contributed by atoms with van der Waals surface area (Å²) in [7, 11) is -3.33. The SMILES string of the molecule is CC1(C)CN(C(=O)NCc2ccc(S(C)(=O)=O)cc2)c2ccc(Oc3ccc(F)c(OC(F)(F)F)c3)nc21. The quantitative estimate of drug-likeness (QED) is 0.415. The minimum Gasteiger partial charge on any atom is -0.439 e. The van der Waals surface area contributed by atoms with Gasteiger partial charge in [0.05, 0.1) is 16.3 Å². The number of carbonyl (C=O) groups is 1. The maximum Gasteiger partial charge on any atom is 0.573 e. The van der Waals surface area contributed by atoms with Gasteiger partial charge in [-0.15, -0.1) is 13.2 Å². The number of rotatable bonds is 6. The van der Waals surface area contributed by atoms with Crippen molar-refractivity contribution in [1.82, 2.24) is 10.3 Å². The maximum absolute atomic E-state index is 13.7. The third-order valence-corrected chi connectivity index (χ3v) is 6.85. The van der Waals surface area contributed by atoms with Crippen LogP contribution in [0, 0.1) is 5.82 Å². The van der Waals surface area contributed by atoms with Crippen LogP contribution in [0.25, 0.3) is 0 Å². The molecule has 38 heavy (non-hydrogen) atoms. The van der Waals surface area contributed by atoms with Gasteiger partial charge in [0, 0.05) is 36.9 Å². The number of anilines is 1. The molecular formula is C25H23F4N3O5S. The van der Waals surface area contributed by atoms with E-state index in [2.05, 4.69) is 15.0 Å². The fraction of sp³-hybridized carbons (Fsp3) is 0.280. The van der Waals surface area contributed by atoms with Crippen LogP contribution in [0.1, 0.15) is 25.1 Å². The number of sulfone groups is 1. The Kier molecular flexibility index (Phi) is 6.99. The highest BCUT2D eigenvalue weighted by Crippen LogP contribution is 2.41. The number of aromatic nitrogens is 1. The van der Waals surface area contributed by atoms with E-state index < -0.39 is 39.2 Å². The maximum atomic E-state index is 13.7. The molecule has 0 atom stereocenters. The molecule has 1 aromatic heterocycles. The van der Waals surface area contributed by atoms with Crippen molar-refractivity contribution in [1.29, 1.82) is 0 Å². The molecule has 0 fully saturated rings. The van der Waals surface area contributed by atoms with Gasteiger partial charge < -0.3 is 14.8 Å². The number of nitrogens with zero attached hydrogens (tertiary/aromatic N) is 2.